The number of thioether (sulfide) groups is 1. The second-order valence-electron chi connectivity index (χ2n) is 5.53. The highest BCUT2D eigenvalue weighted by molar-refractivity contribution is 8.14. The van der Waals surface area contributed by atoms with Crippen molar-refractivity contribution in [1.29, 1.82) is 0 Å². The van der Waals surface area contributed by atoms with Gasteiger partial charge in [-0.1, -0.05) is 11.8 Å². The fourth-order valence-corrected chi connectivity index (χ4v) is 2.69. The van der Waals surface area contributed by atoms with E-state index in [1.165, 1.54) is 12.1 Å². The van der Waals surface area contributed by atoms with Crippen LogP contribution in [0.25, 0.3) is 0 Å². The van der Waals surface area contributed by atoms with Gasteiger partial charge in [-0.15, -0.1) is 5.11 Å². The molecule has 0 saturated heterocycles. The molecule has 0 aliphatic carbocycles. The molecule has 10 nitrogen and oxygen atoms in total. The van der Waals surface area contributed by atoms with Gasteiger partial charge in [-0.2, -0.15) is 10.1 Å². The largest absolute Gasteiger partial charge is 0.481 e. The van der Waals surface area contributed by atoms with E-state index < -0.39 is 23.9 Å². The maximum absolute atomic E-state index is 12.0. The zero-order valence-corrected chi connectivity index (χ0v) is 15.8. The second kappa shape index (κ2) is 10.3. The van der Waals surface area contributed by atoms with Gasteiger partial charge in [-0.3, -0.25) is 14.4 Å². The number of carbonyl (C=O) groups excluding carboxylic acids is 3. The van der Waals surface area contributed by atoms with Gasteiger partial charge in [0.15, 0.2) is 6.04 Å². The van der Waals surface area contributed by atoms with Crippen molar-refractivity contribution in [2.75, 3.05) is 17.7 Å². The molecule has 1 aromatic rings. The SMILES string of the molecule is CCOC(=O)c1ccc(NC(=O)CSC2=NC(=O)C(CCC(=O)O)N=N2)cc1. The Morgan fingerprint density at radius 1 is 1.25 bits per heavy atom. The number of ether oxygens (including phenoxy) is 1. The Morgan fingerprint density at radius 2 is 1.96 bits per heavy atom. The van der Waals surface area contributed by atoms with E-state index in [0.29, 0.717) is 11.3 Å². The van der Waals surface area contributed by atoms with Crippen LogP contribution in [0.4, 0.5) is 5.69 Å². The summed E-state index contributed by atoms with van der Waals surface area (Å²) >= 11 is 0.936. The lowest BCUT2D eigenvalue weighted by Crippen LogP contribution is -2.22. The smallest absolute Gasteiger partial charge is 0.338 e. The molecule has 0 bridgehead atoms. The Balaban J connectivity index is 1.80. The highest BCUT2D eigenvalue weighted by Crippen LogP contribution is 2.17. The highest BCUT2D eigenvalue weighted by Gasteiger charge is 2.23. The first-order valence-electron chi connectivity index (χ1n) is 8.34. The van der Waals surface area contributed by atoms with Crippen molar-refractivity contribution in [1.82, 2.24) is 0 Å². The van der Waals surface area contributed by atoms with E-state index in [-0.39, 0.29) is 36.3 Å². The maximum Gasteiger partial charge on any atom is 0.338 e. The van der Waals surface area contributed by atoms with Gasteiger partial charge in [0, 0.05) is 12.1 Å². The van der Waals surface area contributed by atoms with Gasteiger partial charge in [-0.05, 0) is 37.6 Å². The van der Waals surface area contributed by atoms with Gasteiger partial charge in [0.05, 0.1) is 17.9 Å². The number of aliphatic carboxylic acids is 1. The number of carboxylic acid groups (broad SMARTS) is 1. The number of azo groups is 1. The molecule has 28 heavy (non-hydrogen) atoms. The number of nitrogens with one attached hydrogen (secondary N) is 1. The minimum absolute atomic E-state index is 0.0292. The zero-order chi connectivity index (χ0) is 20.5. The van der Waals surface area contributed by atoms with Gasteiger partial charge in [0.25, 0.3) is 5.91 Å². The van der Waals surface area contributed by atoms with E-state index in [2.05, 4.69) is 20.5 Å². The molecule has 0 spiro atoms. The van der Waals surface area contributed by atoms with Crippen molar-refractivity contribution in [2.24, 2.45) is 15.2 Å². The third-order valence-corrected chi connectivity index (χ3v) is 4.26. The van der Waals surface area contributed by atoms with Gasteiger partial charge in [0.1, 0.15) is 0 Å². The molecule has 0 saturated carbocycles. The van der Waals surface area contributed by atoms with Crippen molar-refractivity contribution in [2.45, 2.75) is 25.8 Å². The second-order valence-corrected chi connectivity index (χ2v) is 6.47. The van der Waals surface area contributed by atoms with E-state index in [0.717, 1.165) is 11.8 Å². The number of nitrogens with zero attached hydrogens (tertiary/aromatic N) is 3. The Bertz CT molecular complexity index is 821. The monoisotopic (exact) mass is 406 g/mol. The van der Waals surface area contributed by atoms with E-state index in [1.807, 2.05) is 0 Å². The van der Waals surface area contributed by atoms with Crippen molar-refractivity contribution in [3.8, 4) is 0 Å². The summed E-state index contributed by atoms with van der Waals surface area (Å²) in [7, 11) is 0. The van der Waals surface area contributed by atoms with Gasteiger partial charge < -0.3 is 15.2 Å². The molecule has 0 radical (unpaired) electrons. The summed E-state index contributed by atoms with van der Waals surface area (Å²) in [6.07, 6.45) is -0.174. The van der Waals surface area contributed by atoms with Gasteiger partial charge >= 0.3 is 11.9 Å². The molecule has 1 unspecified atom stereocenters. The third-order valence-electron chi connectivity index (χ3n) is 3.42. The predicted molar refractivity (Wildman–Crippen MR) is 101 cm³/mol. The molecule has 11 heteroatoms. The molecule has 1 atom stereocenters. The maximum atomic E-state index is 12.0. The first-order chi connectivity index (χ1) is 13.4. The molecule has 2 rings (SSSR count). The van der Waals surface area contributed by atoms with Crippen LogP contribution < -0.4 is 5.32 Å². The minimum atomic E-state index is -1.03. The summed E-state index contributed by atoms with van der Waals surface area (Å²) < 4.78 is 4.88. The van der Waals surface area contributed by atoms with E-state index in [9.17, 15) is 19.2 Å². The topological polar surface area (TPSA) is 147 Å². The Morgan fingerprint density at radius 3 is 2.57 bits per heavy atom. The fraction of sp³-hybridized carbons (Fsp3) is 0.353. The van der Waals surface area contributed by atoms with Crippen molar-refractivity contribution in [3.63, 3.8) is 0 Å². The number of carbonyl (C=O) groups is 4. The molecular formula is C17H18N4O6S. The van der Waals surface area contributed by atoms with Crippen molar-refractivity contribution >= 4 is 46.4 Å². The van der Waals surface area contributed by atoms with Crippen LogP contribution in [0.1, 0.15) is 30.1 Å². The van der Waals surface area contributed by atoms with Crippen molar-refractivity contribution in [3.05, 3.63) is 29.8 Å². The van der Waals surface area contributed by atoms with Crippen LogP contribution in [-0.4, -0.2) is 52.4 Å². The lowest BCUT2D eigenvalue weighted by molar-refractivity contribution is -0.137. The van der Waals surface area contributed by atoms with Crippen LogP contribution in [0.2, 0.25) is 0 Å². The van der Waals surface area contributed by atoms with Gasteiger partial charge in [0.2, 0.25) is 11.1 Å². The van der Waals surface area contributed by atoms with Crippen LogP contribution in [0, 0.1) is 0 Å². The summed E-state index contributed by atoms with van der Waals surface area (Å²) in [5, 5.41) is 18.8. The number of esters is 1. The summed E-state index contributed by atoms with van der Waals surface area (Å²) in [5.41, 5.74) is 0.873. The number of carboxylic acids is 1. The number of benzene rings is 1. The van der Waals surface area contributed by atoms with Crippen LogP contribution >= 0.6 is 11.8 Å². The number of hydrogen-bond donors (Lipinski definition) is 2. The molecule has 148 valence electrons. The van der Waals surface area contributed by atoms with Crippen LogP contribution in [0.15, 0.2) is 39.5 Å². The van der Waals surface area contributed by atoms with Crippen LogP contribution in [-0.2, 0) is 19.1 Å². The molecule has 1 aliphatic heterocycles. The Labute approximate surface area is 164 Å². The highest BCUT2D eigenvalue weighted by atomic mass is 32.2. The van der Waals surface area contributed by atoms with E-state index >= 15 is 0 Å². The van der Waals surface area contributed by atoms with E-state index in [1.54, 1.807) is 19.1 Å². The summed E-state index contributed by atoms with van der Waals surface area (Å²) in [6.45, 7) is 1.99. The molecule has 2 amide bonds. The Kier molecular flexibility index (Phi) is 7.81. The molecule has 0 aromatic heterocycles. The predicted octanol–water partition coefficient (Wildman–Crippen LogP) is 2.12. The number of amides is 2. The number of hydrogen-bond acceptors (Lipinski definition) is 8. The summed E-state index contributed by atoms with van der Waals surface area (Å²) in [6, 6.07) is 5.32. The number of anilines is 1. The van der Waals surface area contributed by atoms with Crippen LogP contribution in [0.3, 0.4) is 0 Å². The quantitative estimate of drug-likeness (QED) is 0.628. The zero-order valence-electron chi connectivity index (χ0n) is 15.0. The normalized spacial score (nSPS) is 15.7. The fourth-order valence-electron chi connectivity index (χ4n) is 2.09. The average molecular weight is 406 g/mol. The summed E-state index contributed by atoms with van der Waals surface area (Å²) in [4.78, 5) is 49.6. The van der Waals surface area contributed by atoms with Crippen molar-refractivity contribution < 1.29 is 29.0 Å². The van der Waals surface area contributed by atoms with Crippen LogP contribution in [0.5, 0.6) is 0 Å². The lowest BCUT2D eigenvalue weighted by atomic mass is 10.1. The minimum Gasteiger partial charge on any atom is -0.481 e. The lowest BCUT2D eigenvalue weighted by Gasteiger charge is -2.11. The third kappa shape index (κ3) is 6.58. The first-order valence-corrected chi connectivity index (χ1v) is 9.32. The number of aliphatic imine (C=N–C) groups is 1. The summed E-state index contributed by atoms with van der Waals surface area (Å²) in [5.74, 6) is -2.45. The standard InChI is InChI=1S/C17H18N4O6S/c1-2-27-16(26)10-3-5-11(6-4-10)18-13(22)9-28-17-19-15(25)12(20-21-17)7-8-14(23)24/h3-6,12H,2,7-9H2,1H3,(H,18,22)(H,23,24). The number of amidine groups is 1. The molecule has 1 aromatic carbocycles. The Hall–Kier alpha value is -3.08. The molecule has 0 fully saturated rings. The number of rotatable bonds is 8. The van der Waals surface area contributed by atoms with E-state index in [4.69, 9.17) is 9.84 Å². The molecular weight excluding hydrogens is 388 g/mol. The van der Waals surface area contributed by atoms with Gasteiger partial charge in [-0.25, -0.2) is 4.79 Å². The molecule has 2 N–H and O–H groups in total. The molecule has 1 aliphatic rings. The molecule has 1 heterocycles. The first kappa shape index (κ1) is 21.2. The average Bonchev–Trinajstić information content (AvgIpc) is 2.66.